The standard InChI is InChI=1S/C23H28N4O3/c1-7-27(13-19(28)25-23(4,5)6)22(29)17-12-18(16-10-8-14(2)9-11-16)24-21-20(17)15(3)26-30-21/h8-12H,7,13H2,1-6H3,(H,25,28). The molecule has 0 aliphatic carbocycles. The molecule has 2 aromatic heterocycles. The first-order valence-corrected chi connectivity index (χ1v) is 10.0. The summed E-state index contributed by atoms with van der Waals surface area (Å²) < 4.78 is 5.37. The number of fused-ring (bicyclic) bond motifs is 1. The molecule has 0 aliphatic heterocycles. The van der Waals surface area contributed by atoms with Gasteiger partial charge in [-0.05, 0) is 47.6 Å². The highest BCUT2D eigenvalue weighted by atomic mass is 16.5. The Balaban J connectivity index is 2.02. The van der Waals surface area contributed by atoms with Crippen LogP contribution in [0.3, 0.4) is 0 Å². The zero-order valence-electron chi connectivity index (χ0n) is 18.4. The highest BCUT2D eigenvalue weighted by Gasteiger charge is 2.25. The molecule has 2 heterocycles. The molecule has 3 aromatic rings. The largest absolute Gasteiger partial charge is 0.350 e. The lowest BCUT2D eigenvalue weighted by Crippen LogP contribution is -2.47. The second kappa shape index (κ2) is 8.26. The first-order valence-electron chi connectivity index (χ1n) is 10.0. The van der Waals surface area contributed by atoms with Gasteiger partial charge in [0.25, 0.3) is 11.6 Å². The van der Waals surface area contributed by atoms with Gasteiger partial charge in [-0.1, -0.05) is 35.0 Å². The smallest absolute Gasteiger partial charge is 0.259 e. The summed E-state index contributed by atoms with van der Waals surface area (Å²) in [5, 5.41) is 7.47. The maximum Gasteiger partial charge on any atom is 0.259 e. The van der Waals surface area contributed by atoms with Gasteiger partial charge in [-0.25, -0.2) is 4.98 Å². The van der Waals surface area contributed by atoms with Crippen molar-refractivity contribution in [1.82, 2.24) is 20.4 Å². The topological polar surface area (TPSA) is 88.3 Å². The molecule has 0 bridgehead atoms. The highest BCUT2D eigenvalue weighted by molar-refractivity contribution is 6.07. The van der Waals surface area contributed by atoms with Crippen LogP contribution in [0.5, 0.6) is 0 Å². The monoisotopic (exact) mass is 408 g/mol. The minimum Gasteiger partial charge on any atom is -0.350 e. The van der Waals surface area contributed by atoms with Crippen molar-refractivity contribution < 1.29 is 14.1 Å². The van der Waals surface area contributed by atoms with E-state index in [1.165, 1.54) is 4.90 Å². The van der Waals surface area contributed by atoms with Crippen LogP contribution in [0.15, 0.2) is 34.9 Å². The number of rotatable bonds is 5. The normalized spacial score (nSPS) is 11.5. The molecule has 0 atom stereocenters. The number of aryl methyl sites for hydroxylation is 2. The SMILES string of the molecule is CCN(CC(=O)NC(C)(C)C)C(=O)c1cc(-c2ccc(C)cc2)nc2onc(C)c12. The summed E-state index contributed by atoms with van der Waals surface area (Å²) in [6.07, 6.45) is 0. The van der Waals surface area contributed by atoms with Gasteiger partial charge in [0.1, 0.15) is 0 Å². The van der Waals surface area contributed by atoms with Gasteiger partial charge >= 0.3 is 0 Å². The molecule has 0 aliphatic rings. The van der Waals surface area contributed by atoms with Crippen molar-refractivity contribution in [1.29, 1.82) is 0 Å². The van der Waals surface area contributed by atoms with Crippen LogP contribution in [0.2, 0.25) is 0 Å². The van der Waals surface area contributed by atoms with Gasteiger partial charge < -0.3 is 14.7 Å². The Hall–Kier alpha value is -3.22. The van der Waals surface area contributed by atoms with E-state index in [1.54, 1.807) is 13.0 Å². The number of carbonyl (C=O) groups excluding carboxylic acids is 2. The van der Waals surface area contributed by atoms with Gasteiger partial charge in [0.2, 0.25) is 5.91 Å². The van der Waals surface area contributed by atoms with Crippen molar-refractivity contribution >= 4 is 22.9 Å². The number of aromatic nitrogens is 2. The van der Waals surface area contributed by atoms with Crippen LogP contribution in [0.25, 0.3) is 22.4 Å². The van der Waals surface area contributed by atoms with E-state index in [2.05, 4.69) is 15.5 Å². The van der Waals surface area contributed by atoms with E-state index in [9.17, 15) is 9.59 Å². The van der Waals surface area contributed by atoms with Gasteiger partial charge in [0, 0.05) is 17.6 Å². The van der Waals surface area contributed by atoms with E-state index >= 15 is 0 Å². The lowest BCUT2D eigenvalue weighted by atomic mass is 10.0. The van der Waals surface area contributed by atoms with E-state index in [1.807, 2.05) is 58.9 Å². The maximum atomic E-state index is 13.4. The third-order valence-corrected chi connectivity index (χ3v) is 4.71. The van der Waals surface area contributed by atoms with E-state index in [-0.39, 0.29) is 23.9 Å². The second-order valence-electron chi connectivity index (χ2n) is 8.49. The van der Waals surface area contributed by atoms with Crippen LogP contribution in [0, 0.1) is 13.8 Å². The molecule has 0 spiro atoms. The number of nitrogens with zero attached hydrogens (tertiary/aromatic N) is 3. The summed E-state index contributed by atoms with van der Waals surface area (Å²) in [4.78, 5) is 31.9. The van der Waals surface area contributed by atoms with Crippen molar-refractivity contribution in [2.75, 3.05) is 13.1 Å². The highest BCUT2D eigenvalue weighted by Crippen LogP contribution is 2.28. The van der Waals surface area contributed by atoms with Crippen LogP contribution >= 0.6 is 0 Å². The Kier molecular flexibility index (Phi) is 5.92. The molecule has 0 saturated carbocycles. The summed E-state index contributed by atoms with van der Waals surface area (Å²) in [6.45, 7) is 11.7. The zero-order chi connectivity index (χ0) is 22.1. The zero-order valence-corrected chi connectivity index (χ0v) is 18.4. The fourth-order valence-electron chi connectivity index (χ4n) is 3.26. The van der Waals surface area contributed by atoms with Gasteiger partial charge in [0.15, 0.2) is 0 Å². The van der Waals surface area contributed by atoms with Crippen LogP contribution in [0.4, 0.5) is 0 Å². The number of amides is 2. The number of benzene rings is 1. The number of pyridine rings is 1. The summed E-state index contributed by atoms with van der Waals surface area (Å²) in [7, 11) is 0. The molecular formula is C23H28N4O3. The molecule has 158 valence electrons. The quantitative estimate of drug-likeness (QED) is 0.692. The summed E-state index contributed by atoms with van der Waals surface area (Å²) in [5.74, 6) is -0.461. The van der Waals surface area contributed by atoms with Crippen LogP contribution < -0.4 is 5.32 Å². The molecule has 3 rings (SSSR count). The molecule has 1 N–H and O–H groups in total. The van der Waals surface area contributed by atoms with Gasteiger partial charge in [0.05, 0.1) is 28.9 Å². The lowest BCUT2D eigenvalue weighted by molar-refractivity contribution is -0.123. The summed E-state index contributed by atoms with van der Waals surface area (Å²) in [6, 6.07) is 9.64. The van der Waals surface area contributed by atoms with Gasteiger partial charge in [-0.2, -0.15) is 0 Å². The van der Waals surface area contributed by atoms with Gasteiger partial charge in [-0.15, -0.1) is 0 Å². The third-order valence-electron chi connectivity index (χ3n) is 4.71. The Bertz CT molecular complexity index is 1080. The van der Waals surface area contributed by atoms with Crippen molar-refractivity contribution in [3.63, 3.8) is 0 Å². The van der Waals surface area contributed by atoms with Crippen molar-refractivity contribution in [3.05, 3.63) is 47.2 Å². The Morgan fingerprint density at radius 3 is 2.40 bits per heavy atom. The molecule has 0 fully saturated rings. The average molecular weight is 409 g/mol. The lowest BCUT2D eigenvalue weighted by Gasteiger charge is -2.25. The first-order chi connectivity index (χ1) is 14.1. The Labute approximate surface area is 176 Å². The van der Waals surface area contributed by atoms with Gasteiger partial charge in [-0.3, -0.25) is 9.59 Å². The summed E-state index contributed by atoms with van der Waals surface area (Å²) >= 11 is 0. The molecule has 0 saturated heterocycles. The number of carbonyl (C=O) groups is 2. The maximum absolute atomic E-state index is 13.4. The molecule has 30 heavy (non-hydrogen) atoms. The molecule has 7 heteroatoms. The van der Waals surface area contributed by atoms with Crippen molar-refractivity contribution in [2.45, 2.75) is 47.1 Å². The van der Waals surface area contributed by atoms with Crippen LogP contribution in [-0.4, -0.2) is 45.5 Å². The van der Waals surface area contributed by atoms with Crippen molar-refractivity contribution in [3.8, 4) is 11.3 Å². The number of hydrogen-bond donors (Lipinski definition) is 1. The predicted octanol–water partition coefficient (Wildman–Crippen LogP) is 3.88. The minimum absolute atomic E-state index is 0.0272. The van der Waals surface area contributed by atoms with Crippen LogP contribution in [-0.2, 0) is 4.79 Å². The van der Waals surface area contributed by atoms with Crippen molar-refractivity contribution in [2.24, 2.45) is 0 Å². The predicted molar refractivity (Wildman–Crippen MR) is 116 cm³/mol. The molecule has 0 radical (unpaired) electrons. The fourth-order valence-corrected chi connectivity index (χ4v) is 3.26. The van der Waals surface area contributed by atoms with E-state index in [4.69, 9.17) is 4.52 Å². The minimum atomic E-state index is -0.368. The van der Waals surface area contributed by atoms with E-state index < -0.39 is 0 Å². The Morgan fingerprint density at radius 2 is 1.80 bits per heavy atom. The molecule has 0 unspecified atom stereocenters. The molecular weight excluding hydrogens is 380 g/mol. The number of nitrogens with one attached hydrogen (secondary N) is 1. The average Bonchev–Trinajstić information content (AvgIpc) is 3.05. The molecule has 2 amide bonds. The van der Waals surface area contributed by atoms with E-state index in [0.717, 1.165) is 11.1 Å². The Morgan fingerprint density at radius 1 is 1.13 bits per heavy atom. The van der Waals surface area contributed by atoms with E-state index in [0.29, 0.717) is 34.6 Å². The fraction of sp³-hybridized carbons (Fsp3) is 0.391. The second-order valence-corrected chi connectivity index (χ2v) is 8.49. The van der Waals surface area contributed by atoms with Crippen LogP contribution in [0.1, 0.15) is 49.3 Å². The number of likely N-dealkylation sites (N-methyl/N-ethyl adjacent to an activating group) is 1. The third kappa shape index (κ3) is 4.67. The molecule has 1 aromatic carbocycles. The molecule has 7 nitrogen and oxygen atoms in total. The number of hydrogen-bond acceptors (Lipinski definition) is 5. The first kappa shape index (κ1) is 21.5. The summed E-state index contributed by atoms with van der Waals surface area (Å²) in [5.41, 5.74) is 3.59.